The second-order valence-corrected chi connectivity index (χ2v) is 7.03. The Hall–Kier alpha value is -2.73. The van der Waals surface area contributed by atoms with Crippen molar-refractivity contribution in [3.8, 4) is 11.5 Å². The van der Waals surface area contributed by atoms with Gasteiger partial charge in [-0.3, -0.25) is 4.90 Å². The molecule has 1 aliphatic rings. The molecule has 2 aromatic rings. The van der Waals surface area contributed by atoms with E-state index in [0.29, 0.717) is 23.7 Å². The minimum absolute atomic E-state index is 0.260. The number of likely N-dealkylation sites (tertiary alicyclic amines) is 1. The number of rotatable bonds is 7. The SMILES string of the molecule is COc1ccc(NC(=O)NCc2ccc(CN3CCCCC3)cc2)cc1OC. The Morgan fingerprint density at radius 1 is 0.929 bits per heavy atom. The van der Waals surface area contributed by atoms with Gasteiger partial charge in [0.05, 0.1) is 14.2 Å². The van der Waals surface area contributed by atoms with Crippen LogP contribution in [0.3, 0.4) is 0 Å². The number of anilines is 1. The van der Waals surface area contributed by atoms with E-state index in [9.17, 15) is 4.79 Å². The zero-order chi connectivity index (χ0) is 19.8. The molecular weight excluding hydrogens is 354 g/mol. The lowest BCUT2D eigenvalue weighted by Gasteiger charge is -2.26. The molecule has 0 aliphatic carbocycles. The normalized spacial score (nSPS) is 14.4. The van der Waals surface area contributed by atoms with Crippen LogP contribution < -0.4 is 20.1 Å². The summed E-state index contributed by atoms with van der Waals surface area (Å²) in [5.41, 5.74) is 3.04. The number of ether oxygens (including phenoxy) is 2. The molecule has 0 bridgehead atoms. The summed E-state index contributed by atoms with van der Waals surface area (Å²) in [6, 6.07) is 13.5. The molecular formula is C22H29N3O3. The second kappa shape index (κ2) is 9.99. The highest BCUT2D eigenvalue weighted by Crippen LogP contribution is 2.29. The molecule has 6 nitrogen and oxygen atoms in total. The Morgan fingerprint density at radius 3 is 2.29 bits per heavy atom. The van der Waals surface area contributed by atoms with Crippen LogP contribution in [0.4, 0.5) is 10.5 Å². The van der Waals surface area contributed by atoms with Gasteiger partial charge in [0, 0.05) is 24.8 Å². The molecule has 0 spiro atoms. The van der Waals surface area contributed by atoms with Gasteiger partial charge in [-0.1, -0.05) is 30.7 Å². The van der Waals surface area contributed by atoms with Crippen molar-refractivity contribution < 1.29 is 14.3 Å². The zero-order valence-corrected chi connectivity index (χ0v) is 16.7. The predicted octanol–water partition coefficient (Wildman–Crippen LogP) is 4.01. The molecule has 6 heteroatoms. The predicted molar refractivity (Wildman–Crippen MR) is 111 cm³/mol. The van der Waals surface area contributed by atoms with E-state index in [2.05, 4.69) is 39.8 Å². The first-order chi connectivity index (χ1) is 13.7. The maximum atomic E-state index is 12.2. The molecule has 150 valence electrons. The molecule has 0 saturated carbocycles. The van der Waals surface area contributed by atoms with Crippen molar-refractivity contribution in [3.05, 3.63) is 53.6 Å². The van der Waals surface area contributed by atoms with Gasteiger partial charge in [-0.15, -0.1) is 0 Å². The minimum atomic E-state index is -0.260. The third-order valence-corrected chi connectivity index (χ3v) is 4.97. The Bertz CT molecular complexity index is 771. The first-order valence-corrected chi connectivity index (χ1v) is 9.75. The lowest BCUT2D eigenvalue weighted by atomic mass is 10.1. The Kier molecular flexibility index (Phi) is 7.14. The van der Waals surface area contributed by atoms with Crippen molar-refractivity contribution in [1.29, 1.82) is 0 Å². The first-order valence-electron chi connectivity index (χ1n) is 9.75. The van der Waals surface area contributed by atoms with Crippen molar-refractivity contribution in [3.63, 3.8) is 0 Å². The summed E-state index contributed by atoms with van der Waals surface area (Å²) in [7, 11) is 3.14. The second-order valence-electron chi connectivity index (χ2n) is 7.03. The summed E-state index contributed by atoms with van der Waals surface area (Å²) in [4.78, 5) is 14.7. The fourth-order valence-electron chi connectivity index (χ4n) is 3.41. The van der Waals surface area contributed by atoms with E-state index in [1.54, 1.807) is 32.4 Å². The molecule has 0 radical (unpaired) electrons. The van der Waals surface area contributed by atoms with Gasteiger partial charge >= 0.3 is 6.03 Å². The number of methoxy groups -OCH3 is 2. The van der Waals surface area contributed by atoms with Gasteiger partial charge in [0.2, 0.25) is 0 Å². The monoisotopic (exact) mass is 383 g/mol. The van der Waals surface area contributed by atoms with Gasteiger partial charge in [-0.25, -0.2) is 4.79 Å². The molecule has 1 aliphatic heterocycles. The van der Waals surface area contributed by atoms with Crippen LogP contribution in [0.25, 0.3) is 0 Å². The minimum Gasteiger partial charge on any atom is -0.493 e. The standard InChI is InChI=1S/C22H29N3O3/c1-27-20-11-10-19(14-21(20)28-2)24-22(26)23-15-17-6-8-18(9-7-17)16-25-12-4-3-5-13-25/h6-11,14H,3-5,12-13,15-16H2,1-2H3,(H2,23,24,26). The lowest BCUT2D eigenvalue weighted by Crippen LogP contribution is -2.29. The number of hydrogen-bond donors (Lipinski definition) is 2. The van der Waals surface area contributed by atoms with Crippen LogP contribution in [-0.4, -0.2) is 38.2 Å². The van der Waals surface area contributed by atoms with E-state index in [4.69, 9.17) is 9.47 Å². The number of benzene rings is 2. The largest absolute Gasteiger partial charge is 0.493 e. The van der Waals surface area contributed by atoms with Gasteiger partial charge < -0.3 is 20.1 Å². The van der Waals surface area contributed by atoms with Crippen LogP contribution in [0.2, 0.25) is 0 Å². The zero-order valence-electron chi connectivity index (χ0n) is 16.7. The van der Waals surface area contributed by atoms with E-state index in [1.165, 1.54) is 37.9 Å². The number of carbonyl (C=O) groups excluding carboxylic acids is 1. The fraction of sp³-hybridized carbons (Fsp3) is 0.409. The average molecular weight is 383 g/mol. The van der Waals surface area contributed by atoms with Crippen molar-refractivity contribution in [2.24, 2.45) is 0 Å². The van der Waals surface area contributed by atoms with Crippen molar-refractivity contribution >= 4 is 11.7 Å². The molecule has 1 fully saturated rings. The molecule has 3 rings (SSSR count). The van der Waals surface area contributed by atoms with E-state index < -0.39 is 0 Å². The highest BCUT2D eigenvalue weighted by Gasteiger charge is 2.10. The van der Waals surface area contributed by atoms with Gasteiger partial charge in [-0.2, -0.15) is 0 Å². The Morgan fingerprint density at radius 2 is 1.61 bits per heavy atom. The Labute approximate surface area is 166 Å². The van der Waals surface area contributed by atoms with Crippen molar-refractivity contribution in [2.75, 3.05) is 32.6 Å². The number of nitrogens with zero attached hydrogens (tertiary/aromatic N) is 1. The molecule has 0 atom stereocenters. The Balaban J connectivity index is 1.47. The molecule has 2 amide bonds. The third kappa shape index (κ3) is 5.63. The van der Waals surface area contributed by atoms with Crippen molar-refractivity contribution in [2.45, 2.75) is 32.4 Å². The highest BCUT2D eigenvalue weighted by molar-refractivity contribution is 5.89. The average Bonchev–Trinajstić information content (AvgIpc) is 2.74. The summed E-state index contributed by atoms with van der Waals surface area (Å²) in [6.07, 6.45) is 3.96. The number of nitrogens with one attached hydrogen (secondary N) is 2. The van der Waals surface area contributed by atoms with Gasteiger partial charge in [0.15, 0.2) is 11.5 Å². The van der Waals surface area contributed by atoms with Crippen LogP contribution in [0, 0.1) is 0 Å². The van der Waals surface area contributed by atoms with Gasteiger partial charge in [0.1, 0.15) is 0 Å². The summed E-state index contributed by atoms with van der Waals surface area (Å²) >= 11 is 0. The quantitative estimate of drug-likeness (QED) is 0.758. The van der Waals surface area contributed by atoms with Crippen LogP contribution in [0.5, 0.6) is 11.5 Å². The van der Waals surface area contributed by atoms with E-state index >= 15 is 0 Å². The smallest absolute Gasteiger partial charge is 0.319 e. The topological polar surface area (TPSA) is 62.8 Å². The number of piperidine rings is 1. The summed E-state index contributed by atoms with van der Waals surface area (Å²) in [6.45, 7) is 3.87. The first kappa shape index (κ1) is 20.0. The lowest BCUT2D eigenvalue weighted by molar-refractivity contribution is 0.221. The summed E-state index contributed by atoms with van der Waals surface area (Å²) in [5.74, 6) is 1.20. The molecule has 0 aromatic heterocycles. The fourth-order valence-corrected chi connectivity index (χ4v) is 3.41. The van der Waals surface area contributed by atoms with Crippen LogP contribution in [0.15, 0.2) is 42.5 Å². The van der Waals surface area contributed by atoms with E-state index in [0.717, 1.165) is 12.1 Å². The number of carbonyl (C=O) groups is 1. The van der Waals surface area contributed by atoms with Crippen molar-refractivity contribution in [1.82, 2.24) is 10.2 Å². The summed E-state index contributed by atoms with van der Waals surface area (Å²) < 4.78 is 10.5. The number of hydrogen-bond acceptors (Lipinski definition) is 4. The van der Waals surface area contributed by atoms with Crippen LogP contribution in [-0.2, 0) is 13.1 Å². The van der Waals surface area contributed by atoms with Crippen LogP contribution in [0.1, 0.15) is 30.4 Å². The molecule has 28 heavy (non-hydrogen) atoms. The maximum absolute atomic E-state index is 12.2. The number of urea groups is 1. The van der Waals surface area contributed by atoms with Gasteiger partial charge in [-0.05, 0) is 49.2 Å². The highest BCUT2D eigenvalue weighted by atomic mass is 16.5. The molecule has 2 N–H and O–H groups in total. The van der Waals surface area contributed by atoms with E-state index in [1.807, 2.05) is 0 Å². The molecule has 2 aromatic carbocycles. The molecule has 0 unspecified atom stereocenters. The third-order valence-electron chi connectivity index (χ3n) is 4.97. The van der Waals surface area contributed by atoms with E-state index in [-0.39, 0.29) is 6.03 Å². The molecule has 1 heterocycles. The van der Waals surface area contributed by atoms with Gasteiger partial charge in [0.25, 0.3) is 0 Å². The van der Waals surface area contributed by atoms with Crippen LogP contribution >= 0.6 is 0 Å². The molecule has 1 saturated heterocycles. The maximum Gasteiger partial charge on any atom is 0.319 e. The summed E-state index contributed by atoms with van der Waals surface area (Å²) in [5, 5.41) is 5.69. The number of amides is 2.